The van der Waals surface area contributed by atoms with Crippen LogP contribution in [0, 0.1) is 5.92 Å². The highest BCUT2D eigenvalue weighted by Crippen LogP contribution is 2.13. The molecule has 0 radical (unpaired) electrons. The first-order chi connectivity index (χ1) is 10.1. The maximum atomic E-state index is 11.9. The van der Waals surface area contributed by atoms with Gasteiger partial charge in [0.25, 0.3) is 0 Å². The van der Waals surface area contributed by atoms with E-state index in [1.165, 1.54) is 0 Å². The molecule has 0 saturated carbocycles. The van der Waals surface area contributed by atoms with E-state index in [1.807, 2.05) is 29.6 Å². The zero-order valence-corrected chi connectivity index (χ0v) is 13.2. The summed E-state index contributed by atoms with van der Waals surface area (Å²) < 4.78 is 0. The molecular weight excluding hydrogens is 282 g/mol. The third-order valence-electron chi connectivity index (χ3n) is 2.99. The Morgan fingerprint density at radius 3 is 2.81 bits per heavy atom. The summed E-state index contributed by atoms with van der Waals surface area (Å²) >= 11 is 1.59. The molecule has 1 amide bonds. The molecule has 4 nitrogen and oxygen atoms in total. The first-order valence-corrected chi connectivity index (χ1v) is 8.03. The number of hydrogen-bond donors (Lipinski definition) is 2. The molecule has 2 rings (SSSR count). The van der Waals surface area contributed by atoms with Gasteiger partial charge in [-0.25, -0.2) is 4.98 Å². The molecule has 0 saturated heterocycles. The smallest absolute Gasteiger partial charge is 0.229 e. The van der Waals surface area contributed by atoms with Gasteiger partial charge in [0.2, 0.25) is 5.91 Å². The standard InChI is InChI=1S/C16H21N3OS/c1-12(2)7-8-17-15-6-5-13(11-18-15)19-16(20)10-14-4-3-9-21-14/h3-6,9,11-12H,7-8,10H2,1-2H3,(H,17,18)(H,19,20). The maximum absolute atomic E-state index is 11.9. The number of anilines is 2. The van der Waals surface area contributed by atoms with E-state index in [1.54, 1.807) is 17.5 Å². The van der Waals surface area contributed by atoms with Crippen LogP contribution in [-0.2, 0) is 11.2 Å². The monoisotopic (exact) mass is 303 g/mol. The molecule has 0 unspecified atom stereocenters. The average Bonchev–Trinajstić information content (AvgIpc) is 2.93. The highest BCUT2D eigenvalue weighted by molar-refractivity contribution is 7.10. The van der Waals surface area contributed by atoms with Gasteiger partial charge in [0.1, 0.15) is 5.82 Å². The van der Waals surface area contributed by atoms with Crippen LogP contribution in [0.3, 0.4) is 0 Å². The number of nitrogens with one attached hydrogen (secondary N) is 2. The minimum Gasteiger partial charge on any atom is -0.370 e. The Balaban J connectivity index is 1.80. The molecule has 21 heavy (non-hydrogen) atoms. The number of rotatable bonds is 7. The van der Waals surface area contributed by atoms with Crippen LogP contribution in [-0.4, -0.2) is 17.4 Å². The summed E-state index contributed by atoms with van der Waals surface area (Å²) in [5, 5.41) is 8.10. The van der Waals surface area contributed by atoms with E-state index in [2.05, 4.69) is 29.5 Å². The Kier molecular flexibility index (Phi) is 5.75. The van der Waals surface area contributed by atoms with Crippen LogP contribution < -0.4 is 10.6 Å². The van der Waals surface area contributed by atoms with E-state index < -0.39 is 0 Å². The van der Waals surface area contributed by atoms with Crippen molar-refractivity contribution in [2.75, 3.05) is 17.2 Å². The van der Waals surface area contributed by atoms with Crippen LogP contribution in [0.2, 0.25) is 0 Å². The second-order valence-corrected chi connectivity index (χ2v) is 6.38. The number of amides is 1. The van der Waals surface area contributed by atoms with E-state index >= 15 is 0 Å². The van der Waals surface area contributed by atoms with E-state index in [0.29, 0.717) is 12.3 Å². The van der Waals surface area contributed by atoms with Crippen LogP contribution in [0.15, 0.2) is 35.8 Å². The lowest BCUT2D eigenvalue weighted by atomic mass is 10.1. The molecule has 0 aromatic carbocycles. The van der Waals surface area contributed by atoms with Crippen LogP contribution >= 0.6 is 11.3 Å². The Labute approximate surface area is 129 Å². The number of hydrogen-bond acceptors (Lipinski definition) is 4. The molecule has 0 bridgehead atoms. The van der Waals surface area contributed by atoms with Crippen molar-refractivity contribution in [1.29, 1.82) is 0 Å². The van der Waals surface area contributed by atoms with Gasteiger partial charge in [-0.3, -0.25) is 4.79 Å². The van der Waals surface area contributed by atoms with Crippen LogP contribution in [0.4, 0.5) is 11.5 Å². The van der Waals surface area contributed by atoms with Crippen molar-refractivity contribution in [1.82, 2.24) is 4.98 Å². The summed E-state index contributed by atoms with van der Waals surface area (Å²) in [5.41, 5.74) is 0.728. The first-order valence-electron chi connectivity index (χ1n) is 7.15. The van der Waals surface area contributed by atoms with Gasteiger partial charge in [-0.15, -0.1) is 11.3 Å². The van der Waals surface area contributed by atoms with Crippen LogP contribution in [0.1, 0.15) is 25.1 Å². The molecule has 0 fully saturated rings. The first kappa shape index (κ1) is 15.5. The topological polar surface area (TPSA) is 54.0 Å². The maximum Gasteiger partial charge on any atom is 0.229 e. The van der Waals surface area contributed by atoms with Crippen LogP contribution in [0.25, 0.3) is 0 Å². The molecule has 0 aliphatic carbocycles. The fourth-order valence-electron chi connectivity index (χ4n) is 1.84. The molecule has 2 aromatic rings. The summed E-state index contributed by atoms with van der Waals surface area (Å²) in [6.45, 7) is 5.30. The number of carbonyl (C=O) groups is 1. The molecule has 2 N–H and O–H groups in total. The Morgan fingerprint density at radius 1 is 1.33 bits per heavy atom. The lowest BCUT2D eigenvalue weighted by Gasteiger charge is -2.08. The van der Waals surface area contributed by atoms with Gasteiger partial charge in [0.15, 0.2) is 0 Å². The third-order valence-corrected chi connectivity index (χ3v) is 3.87. The van der Waals surface area contributed by atoms with Crippen molar-refractivity contribution in [2.45, 2.75) is 26.7 Å². The zero-order chi connectivity index (χ0) is 15.1. The normalized spacial score (nSPS) is 10.6. The summed E-state index contributed by atoms with van der Waals surface area (Å²) in [4.78, 5) is 17.2. The number of aromatic nitrogens is 1. The molecule has 0 atom stereocenters. The summed E-state index contributed by atoms with van der Waals surface area (Å²) in [6.07, 6.45) is 3.21. The molecule has 0 aliphatic rings. The van der Waals surface area contributed by atoms with Gasteiger partial charge >= 0.3 is 0 Å². The molecule has 112 valence electrons. The number of thiophene rings is 1. The SMILES string of the molecule is CC(C)CCNc1ccc(NC(=O)Cc2cccs2)cn1. The average molecular weight is 303 g/mol. The molecule has 2 aromatic heterocycles. The Morgan fingerprint density at radius 2 is 2.19 bits per heavy atom. The minimum atomic E-state index is -0.0141. The van der Waals surface area contributed by atoms with Crippen molar-refractivity contribution in [2.24, 2.45) is 5.92 Å². The van der Waals surface area contributed by atoms with E-state index in [-0.39, 0.29) is 5.91 Å². The van der Waals surface area contributed by atoms with Crippen molar-refractivity contribution in [3.05, 3.63) is 40.7 Å². The van der Waals surface area contributed by atoms with E-state index in [0.717, 1.165) is 29.3 Å². The summed E-state index contributed by atoms with van der Waals surface area (Å²) in [7, 11) is 0. The minimum absolute atomic E-state index is 0.0141. The number of carbonyl (C=O) groups excluding carboxylic acids is 1. The Bertz CT molecular complexity index is 549. The molecule has 0 spiro atoms. The number of pyridine rings is 1. The molecule has 2 heterocycles. The van der Waals surface area contributed by atoms with Gasteiger partial charge in [-0.1, -0.05) is 19.9 Å². The fraction of sp³-hybridized carbons (Fsp3) is 0.375. The van der Waals surface area contributed by atoms with Gasteiger partial charge in [0, 0.05) is 11.4 Å². The zero-order valence-electron chi connectivity index (χ0n) is 12.4. The van der Waals surface area contributed by atoms with Gasteiger partial charge < -0.3 is 10.6 Å². The highest BCUT2D eigenvalue weighted by atomic mass is 32.1. The predicted octanol–water partition coefficient (Wildman–Crippen LogP) is 3.78. The van der Waals surface area contributed by atoms with E-state index in [9.17, 15) is 4.79 Å². The lowest BCUT2D eigenvalue weighted by Crippen LogP contribution is -2.14. The van der Waals surface area contributed by atoms with Crippen LogP contribution in [0.5, 0.6) is 0 Å². The summed E-state index contributed by atoms with van der Waals surface area (Å²) in [5.74, 6) is 1.50. The van der Waals surface area contributed by atoms with Crippen molar-refractivity contribution in [3.8, 4) is 0 Å². The van der Waals surface area contributed by atoms with Gasteiger partial charge in [-0.2, -0.15) is 0 Å². The predicted molar refractivity (Wildman–Crippen MR) is 88.8 cm³/mol. The molecular formula is C16H21N3OS. The van der Waals surface area contributed by atoms with Crippen molar-refractivity contribution in [3.63, 3.8) is 0 Å². The van der Waals surface area contributed by atoms with E-state index in [4.69, 9.17) is 0 Å². The van der Waals surface area contributed by atoms with Crippen molar-refractivity contribution < 1.29 is 4.79 Å². The lowest BCUT2D eigenvalue weighted by molar-refractivity contribution is -0.115. The third kappa shape index (κ3) is 5.55. The van der Waals surface area contributed by atoms with Gasteiger partial charge in [-0.05, 0) is 35.9 Å². The quantitative estimate of drug-likeness (QED) is 0.818. The highest BCUT2D eigenvalue weighted by Gasteiger charge is 2.05. The molecule has 5 heteroatoms. The second-order valence-electron chi connectivity index (χ2n) is 5.35. The summed E-state index contributed by atoms with van der Waals surface area (Å²) in [6, 6.07) is 7.68. The fourth-order valence-corrected chi connectivity index (χ4v) is 2.54. The molecule has 0 aliphatic heterocycles. The van der Waals surface area contributed by atoms with Gasteiger partial charge in [0.05, 0.1) is 18.3 Å². The largest absolute Gasteiger partial charge is 0.370 e. The second kappa shape index (κ2) is 7.78. The van der Waals surface area contributed by atoms with Crippen molar-refractivity contribution >= 4 is 28.7 Å². The number of nitrogens with zero attached hydrogens (tertiary/aromatic N) is 1. The Hall–Kier alpha value is -1.88.